The van der Waals surface area contributed by atoms with Gasteiger partial charge < -0.3 is 0 Å². The van der Waals surface area contributed by atoms with Crippen molar-refractivity contribution < 1.29 is 4.79 Å². The topological polar surface area (TPSA) is 17.1 Å². The SMILES string of the molecule is CC(C)=CC(=O)C12CC3CC(CC(C3)C1)C2. The highest BCUT2D eigenvalue weighted by Gasteiger charge is 2.53. The molecule has 0 heterocycles. The molecule has 88 valence electrons. The Kier molecular flexibility index (Phi) is 2.28. The first-order valence-corrected chi connectivity index (χ1v) is 6.77. The van der Waals surface area contributed by atoms with Crippen LogP contribution >= 0.6 is 0 Å². The summed E-state index contributed by atoms with van der Waals surface area (Å²) in [6, 6.07) is 0. The minimum Gasteiger partial charge on any atom is -0.294 e. The van der Waals surface area contributed by atoms with E-state index in [9.17, 15) is 4.79 Å². The smallest absolute Gasteiger partial charge is 0.161 e. The van der Waals surface area contributed by atoms with Gasteiger partial charge in [-0.3, -0.25) is 4.79 Å². The Bertz CT molecular complexity index is 311. The number of hydrogen-bond donors (Lipinski definition) is 0. The van der Waals surface area contributed by atoms with Crippen LogP contribution in [0.2, 0.25) is 0 Å². The van der Waals surface area contributed by atoms with E-state index in [1.54, 1.807) is 0 Å². The molecule has 0 atom stereocenters. The standard InChI is InChI=1S/C15H22O/c1-10(2)3-14(16)15-7-11-4-12(8-15)6-13(5-11)9-15/h3,11-13H,4-9H2,1-2H3. The third kappa shape index (κ3) is 1.56. The zero-order valence-corrected chi connectivity index (χ0v) is 10.5. The molecule has 0 aromatic rings. The Balaban J connectivity index is 1.88. The fourth-order valence-corrected chi connectivity index (χ4v) is 4.83. The fraction of sp³-hybridized carbons (Fsp3) is 0.800. The molecule has 4 rings (SSSR count). The van der Waals surface area contributed by atoms with Gasteiger partial charge in [-0.15, -0.1) is 0 Å². The third-order valence-corrected chi connectivity index (χ3v) is 4.98. The molecule has 1 heteroatoms. The van der Waals surface area contributed by atoms with Crippen LogP contribution in [-0.2, 0) is 4.79 Å². The monoisotopic (exact) mass is 218 g/mol. The van der Waals surface area contributed by atoms with Crippen molar-refractivity contribution in [3.63, 3.8) is 0 Å². The molecule has 16 heavy (non-hydrogen) atoms. The second-order valence-corrected chi connectivity index (χ2v) is 6.78. The van der Waals surface area contributed by atoms with Crippen LogP contribution in [0, 0.1) is 23.2 Å². The maximum absolute atomic E-state index is 12.4. The third-order valence-electron chi connectivity index (χ3n) is 4.98. The lowest BCUT2D eigenvalue weighted by Gasteiger charge is -2.55. The second kappa shape index (κ2) is 3.45. The molecule has 0 aliphatic heterocycles. The number of ketones is 1. The quantitative estimate of drug-likeness (QED) is 0.645. The van der Waals surface area contributed by atoms with Gasteiger partial charge in [0, 0.05) is 5.41 Å². The highest BCUT2D eigenvalue weighted by atomic mass is 16.1. The first kappa shape index (κ1) is 10.6. The van der Waals surface area contributed by atoms with Crippen LogP contribution in [0.1, 0.15) is 52.4 Å². The van der Waals surface area contributed by atoms with Crippen molar-refractivity contribution in [3.8, 4) is 0 Å². The van der Waals surface area contributed by atoms with E-state index < -0.39 is 0 Å². The van der Waals surface area contributed by atoms with Gasteiger partial charge >= 0.3 is 0 Å². The molecule has 0 aromatic carbocycles. The summed E-state index contributed by atoms with van der Waals surface area (Å²) in [5, 5.41) is 0. The lowest BCUT2D eigenvalue weighted by molar-refractivity contribution is -0.138. The van der Waals surface area contributed by atoms with E-state index in [1.807, 2.05) is 19.9 Å². The first-order chi connectivity index (χ1) is 7.57. The largest absolute Gasteiger partial charge is 0.294 e. The highest BCUT2D eigenvalue weighted by molar-refractivity contribution is 5.95. The molecule has 0 amide bonds. The maximum atomic E-state index is 12.4. The van der Waals surface area contributed by atoms with Crippen LogP contribution in [0.3, 0.4) is 0 Å². The van der Waals surface area contributed by atoms with E-state index >= 15 is 0 Å². The molecule has 0 N–H and O–H groups in total. The van der Waals surface area contributed by atoms with Crippen molar-refractivity contribution >= 4 is 5.78 Å². The molecule has 0 saturated heterocycles. The van der Waals surface area contributed by atoms with Crippen LogP contribution in [0.5, 0.6) is 0 Å². The Morgan fingerprint density at radius 1 is 1.00 bits per heavy atom. The molecule has 4 aliphatic carbocycles. The van der Waals surface area contributed by atoms with Crippen molar-refractivity contribution in [2.75, 3.05) is 0 Å². The summed E-state index contributed by atoms with van der Waals surface area (Å²) in [5.74, 6) is 3.08. The van der Waals surface area contributed by atoms with Gasteiger partial charge in [-0.05, 0) is 76.2 Å². The average Bonchev–Trinajstić information content (AvgIpc) is 2.13. The Hall–Kier alpha value is -0.590. The summed E-state index contributed by atoms with van der Waals surface area (Å²) in [6.45, 7) is 4.08. The Labute approximate surface area is 98.3 Å². The van der Waals surface area contributed by atoms with Crippen molar-refractivity contribution in [1.29, 1.82) is 0 Å². The maximum Gasteiger partial charge on any atom is 0.161 e. The van der Waals surface area contributed by atoms with Gasteiger partial charge in [0.2, 0.25) is 0 Å². The normalized spacial score (nSPS) is 44.5. The first-order valence-electron chi connectivity index (χ1n) is 6.77. The second-order valence-electron chi connectivity index (χ2n) is 6.78. The van der Waals surface area contributed by atoms with Crippen LogP contribution < -0.4 is 0 Å². The summed E-state index contributed by atoms with van der Waals surface area (Å²) in [7, 11) is 0. The molecule has 4 bridgehead atoms. The zero-order chi connectivity index (χ0) is 11.3. The number of rotatable bonds is 2. The molecule has 0 radical (unpaired) electrons. The van der Waals surface area contributed by atoms with Crippen LogP contribution in [0.25, 0.3) is 0 Å². The molecule has 1 nitrogen and oxygen atoms in total. The number of carbonyl (C=O) groups excluding carboxylic acids is 1. The minimum atomic E-state index is 0.0754. The molecule has 0 aromatic heterocycles. The number of hydrogen-bond acceptors (Lipinski definition) is 1. The molecule has 0 unspecified atom stereocenters. The van der Waals surface area contributed by atoms with Gasteiger partial charge in [0.1, 0.15) is 0 Å². The van der Waals surface area contributed by atoms with Gasteiger partial charge in [-0.1, -0.05) is 5.57 Å². The summed E-state index contributed by atoms with van der Waals surface area (Å²) in [4.78, 5) is 12.4. The van der Waals surface area contributed by atoms with E-state index in [0.29, 0.717) is 5.78 Å². The molecule has 4 fully saturated rings. The predicted octanol–water partition coefficient (Wildman–Crippen LogP) is 3.74. The van der Waals surface area contributed by atoms with E-state index in [1.165, 1.54) is 44.1 Å². The molecule has 0 spiro atoms. The lowest BCUT2D eigenvalue weighted by Crippen LogP contribution is -2.49. The van der Waals surface area contributed by atoms with E-state index in [4.69, 9.17) is 0 Å². The minimum absolute atomic E-state index is 0.0754. The number of allylic oxidation sites excluding steroid dienone is 2. The van der Waals surface area contributed by atoms with E-state index in [2.05, 4.69) is 0 Å². The van der Waals surface area contributed by atoms with Gasteiger partial charge in [0.25, 0.3) is 0 Å². The lowest BCUT2D eigenvalue weighted by atomic mass is 9.48. The summed E-state index contributed by atoms with van der Waals surface area (Å²) in [5.41, 5.74) is 1.24. The Morgan fingerprint density at radius 2 is 1.44 bits per heavy atom. The van der Waals surface area contributed by atoms with Gasteiger partial charge in [0.15, 0.2) is 5.78 Å². The van der Waals surface area contributed by atoms with Gasteiger partial charge in [-0.25, -0.2) is 0 Å². The van der Waals surface area contributed by atoms with Crippen molar-refractivity contribution in [1.82, 2.24) is 0 Å². The van der Waals surface area contributed by atoms with Crippen molar-refractivity contribution in [3.05, 3.63) is 11.6 Å². The molecular formula is C15H22O. The van der Waals surface area contributed by atoms with Gasteiger partial charge in [-0.2, -0.15) is 0 Å². The van der Waals surface area contributed by atoms with Crippen LogP contribution in [-0.4, -0.2) is 5.78 Å². The van der Waals surface area contributed by atoms with Crippen molar-refractivity contribution in [2.24, 2.45) is 23.2 Å². The zero-order valence-electron chi connectivity index (χ0n) is 10.5. The number of carbonyl (C=O) groups is 1. The van der Waals surface area contributed by atoms with E-state index in [-0.39, 0.29) is 5.41 Å². The average molecular weight is 218 g/mol. The van der Waals surface area contributed by atoms with Crippen LogP contribution in [0.15, 0.2) is 11.6 Å². The summed E-state index contributed by atoms with van der Waals surface area (Å²) < 4.78 is 0. The van der Waals surface area contributed by atoms with Crippen LogP contribution in [0.4, 0.5) is 0 Å². The molecular weight excluding hydrogens is 196 g/mol. The van der Waals surface area contributed by atoms with Gasteiger partial charge in [0.05, 0.1) is 0 Å². The predicted molar refractivity (Wildman–Crippen MR) is 65.0 cm³/mol. The van der Waals surface area contributed by atoms with Crippen molar-refractivity contribution in [2.45, 2.75) is 52.4 Å². The summed E-state index contributed by atoms with van der Waals surface area (Å²) >= 11 is 0. The molecule has 4 saturated carbocycles. The van der Waals surface area contributed by atoms with E-state index in [0.717, 1.165) is 17.8 Å². The molecule has 4 aliphatic rings. The fourth-order valence-electron chi connectivity index (χ4n) is 4.83. The summed E-state index contributed by atoms with van der Waals surface area (Å²) in [6.07, 6.45) is 9.75. The highest BCUT2D eigenvalue weighted by Crippen LogP contribution is 2.60. The Morgan fingerprint density at radius 3 is 1.81 bits per heavy atom.